The fraction of sp³-hybridized carbons (Fsp3) is 0.304. The Morgan fingerprint density at radius 2 is 1.93 bits per heavy atom. The predicted octanol–water partition coefficient (Wildman–Crippen LogP) is 4.69. The highest BCUT2D eigenvalue weighted by atomic mass is 16.3. The third kappa shape index (κ3) is 3.79. The molecule has 1 saturated heterocycles. The first-order valence-corrected chi connectivity index (χ1v) is 9.81. The van der Waals surface area contributed by atoms with Crippen LogP contribution in [0.15, 0.2) is 59.0 Å². The summed E-state index contributed by atoms with van der Waals surface area (Å²) in [6, 6.07) is 17.6. The molecule has 0 saturated carbocycles. The van der Waals surface area contributed by atoms with Crippen LogP contribution in [0.4, 0.5) is 5.69 Å². The van der Waals surface area contributed by atoms with Crippen molar-refractivity contribution in [1.29, 1.82) is 0 Å². The van der Waals surface area contributed by atoms with E-state index in [2.05, 4.69) is 5.32 Å². The number of benzene rings is 2. The van der Waals surface area contributed by atoms with E-state index in [1.54, 1.807) is 4.90 Å². The molecular weight excluding hydrogens is 352 g/mol. The van der Waals surface area contributed by atoms with Gasteiger partial charge in [-0.2, -0.15) is 0 Å². The molecule has 2 heterocycles. The number of carbonyl (C=O) groups is 2. The van der Waals surface area contributed by atoms with Crippen molar-refractivity contribution in [3.05, 3.63) is 54.6 Å². The monoisotopic (exact) mass is 376 g/mol. The Hall–Kier alpha value is -3.08. The Balaban J connectivity index is 1.42. The van der Waals surface area contributed by atoms with Crippen LogP contribution in [0.3, 0.4) is 0 Å². The molecule has 4 rings (SSSR count). The summed E-state index contributed by atoms with van der Waals surface area (Å²) in [5.41, 5.74) is 2.58. The van der Waals surface area contributed by atoms with E-state index < -0.39 is 0 Å². The van der Waals surface area contributed by atoms with Crippen molar-refractivity contribution >= 4 is 28.5 Å². The summed E-state index contributed by atoms with van der Waals surface area (Å²) in [7, 11) is 0. The molecule has 0 aliphatic carbocycles. The summed E-state index contributed by atoms with van der Waals surface area (Å²) >= 11 is 0. The third-order valence-electron chi connectivity index (χ3n) is 5.31. The Morgan fingerprint density at radius 1 is 1.14 bits per heavy atom. The lowest BCUT2D eigenvalue weighted by Gasteiger charge is -2.31. The van der Waals surface area contributed by atoms with Crippen molar-refractivity contribution in [3.8, 4) is 11.3 Å². The molecule has 1 atom stereocenters. The molecule has 3 aromatic rings. The lowest BCUT2D eigenvalue weighted by molar-refractivity contribution is -0.134. The summed E-state index contributed by atoms with van der Waals surface area (Å²) in [5.74, 6) is 0.747. The van der Waals surface area contributed by atoms with Crippen LogP contribution < -0.4 is 5.32 Å². The molecule has 5 heteroatoms. The minimum atomic E-state index is -0.153. The quantitative estimate of drug-likeness (QED) is 0.719. The second-order valence-corrected chi connectivity index (χ2v) is 7.25. The maximum Gasteiger partial charge on any atom is 0.229 e. The van der Waals surface area contributed by atoms with E-state index in [1.807, 2.05) is 61.5 Å². The first-order chi connectivity index (χ1) is 13.6. The molecular formula is C23H24N2O3. The number of hydrogen-bond donors (Lipinski definition) is 1. The highest BCUT2D eigenvalue weighted by Gasteiger charge is 2.27. The average Bonchev–Trinajstić information content (AvgIpc) is 3.18. The standard InChI is InChI=1S/C23H24N2O3/c1-2-22(26)25-13-5-7-18(15-25)23(27)24-19-11-9-16(10-12-19)21-14-17-6-3-4-8-20(17)28-21/h3-4,6,8-12,14,18H,2,5,7,13,15H2,1H3,(H,24,27)/t18-/m0/s1. The van der Waals surface area contributed by atoms with Crippen molar-refractivity contribution in [1.82, 2.24) is 4.90 Å². The predicted molar refractivity (Wildman–Crippen MR) is 110 cm³/mol. The molecule has 144 valence electrons. The van der Waals surface area contributed by atoms with Gasteiger partial charge in [0.1, 0.15) is 11.3 Å². The molecule has 28 heavy (non-hydrogen) atoms. The topological polar surface area (TPSA) is 62.6 Å². The van der Waals surface area contributed by atoms with Crippen LogP contribution in [0.25, 0.3) is 22.3 Å². The van der Waals surface area contributed by atoms with Crippen LogP contribution in [0.2, 0.25) is 0 Å². The number of para-hydroxylation sites is 1. The molecule has 1 aliphatic rings. The molecule has 1 aromatic heterocycles. The van der Waals surface area contributed by atoms with Gasteiger partial charge in [0.05, 0.1) is 5.92 Å². The number of amides is 2. The van der Waals surface area contributed by atoms with Gasteiger partial charge in [0.2, 0.25) is 11.8 Å². The Bertz CT molecular complexity index is 958. The number of furan rings is 1. The molecule has 1 fully saturated rings. The molecule has 0 spiro atoms. The van der Waals surface area contributed by atoms with E-state index in [1.165, 1.54) is 0 Å². The summed E-state index contributed by atoms with van der Waals surface area (Å²) in [6.45, 7) is 3.12. The van der Waals surface area contributed by atoms with Gasteiger partial charge in [-0.1, -0.05) is 25.1 Å². The van der Waals surface area contributed by atoms with Gasteiger partial charge in [-0.15, -0.1) is 0 Å². The first kappa shape index (κ1) is 18.3. The minimum absolute atomic E-state index is 0.0231. The van der Waals surface area contributed by atoms with E-state index >= 15 is 0 Å². The van der Waals surface area contributed by atoms with E-state index in [9.17, 15) is 9.59 Å². The zero-order valence-corrected chi connectivity index (χ0v) is 16.0. The molecule has 0 radical (unpaired) electrons. The molecule has 5 nitrogen and oxygen atoms in total. The number of piperidine rings is 1. The SMILES string of the molecule is CCC(=O)N1CCC[C@H](C(=O)Nc2ccc(-c3cc4ccccc4o3)cc2)C1. The maximum atomic E-state index is 12.6. The van der Waals surface area contributed by atoms with Crippen LogP contribution >= 0.6 is 0 Å². The highest BCUT2D eigenvalue weighted by molar-refractivity contribution is 5.93. The fourth-order valence-corrected chi connectivity index (χ4v) is 3.73. The lowest BCUT2D eigenvalue weighted by Crippen LogP contribution is -2.43. The zero-order valence-electron chi connectivity index (χ0n) is 16.0. The summed E-state index contributed by atoms with van der Waals surface area (Å²) in [4.78, 5) is 26.3. The number of rotatable bonds is 4. The number of likely N-dealkylation sites (tertiary alicyclic amines) is 1. The molecule has 1 aliphatic heterocycles. The van der Waals surface area contributed by atoms with Crippen molar-refractivity contribution in [3.63, 3.8) is 0 Å². The maximum absolute atomic E-state index is 12.6. The van der Waals surface area contributed by atoms with E-state index in [-0.39, 0.29) is 17.7 Å². The zero-order chi connectivity index (χ0) is 19.5. The average molecular weight is 376 g/mol. The number of carbonyl (C=O) groups excluding carboxylic acids is 2. The van der Waals surface area contributed by atoms with Crippen molar-refractivity contribution in [2.75, 3.05) is 18.4 Å². The third-order valence-corrected chi connectivity index (χ3v) is 5.31. The van der Waals surface area contributed by atoms with E-state index in [4.69, 9.17) is 4.42 Å². The summed E-state index contributed by atoms with van der Waals surface area (Å²) in [5, 5.41) is 4.05. The number of anilines is 1. The Kier molecular flexibility index (Phi) is 5.15. The summed E-state index contributed by atoms with van der Waals surface area (Å²) in [6.07, 6.45) is 2.17. The van der Waals surface area contributed by atoms with E-state index in [0.29, 0.717) is 13.0 Å². The number of nitrogens with one attached hydrogen (secondary N) is 1. The smallest absolute Gasteiger partial charge is 0.229 e. The minimum Gasteiger partial charge on any atom is -0.456 e. The van der Waals surface area contributed by atoms with Gasteiger partial charge in [0.25, 0.3) is 0 Å². The molecule has 2 aromatic carbocycles. The van der Waals surface area contributed by atoms with Crippen molar-refractivity contribution in [2.45, 2.75) is 26.2 Å². The second-order valence-electron chi connectivity index (χ2n) is 7.25. The van der Waals surface area contributed by atoms with Crippen molar-refractivity contribution < 1.29 is 14.0 Å². The van der Waals surface area contributed by atoms with Crippen LogP contribution in [0.1, 0.15) is 26.2 Å². The van der Waals surface area contributed by atoms with Gasteiger partial charge < -0.3 is 14.6 Å². The van der Waals surface area contributed by atoms with Gasteiger partial charge in [0.15, 0.2) is 0 Å². The van der Waals surface area contributed by atoms with Crippen LogP contribution in [-0.2, 0) is 9.59 Å². The summed E-state index contributed by atoms with van der Waals surface area (Å²) < 4.78 is 5.89. The Morgan fingerprint density at radius 3 is 2.68 bits per heavy atom. The van der Waals surface area contributed by atoms with Gasteiger partial charge in [-0.05, 0) is 49.2 Å². The van der Waals surface area contributed by atoms with Crippen LogP contribution in [0, 0.1) is 5.92 Å². The molecule has 0 unspecified atom stereocenters. The highest BCUT2D eigenvalue weighted by Crippen LogP contribution is 2.28. The van der Waals surface area contributed by atoms with Crippen molar-refractivity contribution in [2.24, 2.45) is 5.92 Å². The second kappa shape index (κ2) is 7.89. The largest absolute Gasteiger partial charge is 0.456 e. The first-order valence-electron chi connectivity index (χ1n) is 9.81. The van der Waals surface area contributed by atoms with Gasteiger partial charge in [-0.25, -0.2) is 0 Å². The molecule has 0 bridgehead atoms. The lowest BCUT2D eigenvalue weighted by atomic mass is 9.96. The fourth-order valence-electron chi connectivity index (χ4n) is 3.73. The Labute approximate surface area is 164 Å². The number of fused-ring (bicyclic) bond motifs is 1. The van der Waals surface area contributed by atoms with E-state index in [0.717, 1.165) is 47.4 Å². The van der Waals surface area contributed by atoms with Crippen LogP contribution in [0.5, 0.6) is 0 Å². The number of hydrogen-bond acceptors (Lipinski definition) is 3. The van der Waals surface area contributed by atoms with Gasteiger partial charge >= 0.3 is 0 Å². The normalized spacial score (nSPS) is 16.9. The van der Waals surface area contributed by atoms with Gasteiger partial charge in [0, 0.05) is 36.1 Å². The molecule has 1 N–H and O–H groups in total. The number of nitrogens with zero attached hydrogens (tertiary/aromatic N) is 1. The van der Waals surface area contributed by atoms with Gasteiger partial charge in [-0.3, -0.25) is 9.59 Å². The van der Waals surface area contributed by atoms with Crippen LogP contribution in [-0.4, -0.2) is 29.8 Å². The molecule has 2 amide bonds.